The maximum absolute atomic E-state index is 5.50. The summed E-state index contributed by atoms with van der Waals surface area (Å²) in [6.07, 6.45) is 0. The number of fused-ring (bicyclic) bond motifs is 8. The van der Waals surface area contributed by atoms with E-state index >= 15 is 0 Å². The quantitative estimate of drug-likeness (QED) is 0.193. The van der Waals surface area contributed by atoms with E-state index in [-0.39, 0.29) is 0 Å². The Balaban J connectivity index is 1.27. The van der Waals surface area contributed by atoms with Gasteiger partial charge in [-0.3, -0.25) is 4.90 Å². The first-order valence-corrected chi connectivity index (χ1v) is 17.0. The summed E-state index contributed by atoms with van der Waals surface area (Å²) in [5.41, 5.74) is 11.7. The number of rotatable bonds is 3. The molecule has 3 heterocycles. The van der Waals surface area contributed by atoms with E-state index in [1.54, 1.807) is 0 Å². The Morgan fingerprint density at radius 1 is 0.440 bits per heavy atom. The van der Waals surface area contributed by atoms with Crippen molar-refractivity contribution in [1.29, 1.82) is 0 Å². The highest BCUT2D eigenvalue weighted by Crippen LogP contribution is 2.54. The lowest BCUT2D eigenvalue weighted by molar-refractivity contribution is 1.17. The summed E-state index contributed by atoms with van der Waals surface area (Å²) in [6, 6.07) is 60.6. The number of para-hydroxylation sites is 4. The lowest BCUT2D eigenvalue weighted by Crippen LogP contribution is -2.18. The molecular weight excluding hydrogens is 609 g/mol. The zero-order valence-electron chi connectivity index (χ0n) is 27.0. The van der Waals surface area contributed by atoms with E-state index < -0.39 is 0 Å². The summed E-state index contributed by atoms with van der Waals surface area (Å²) in [5.74, 6) is 0.810. The van der Waals surface area contributed by atoms with Crippen molar-refractivity contribution in [3.63, 3.8) is 0 Å². The number of benzene rings is 8. The predicted octanol–water partition coefficient (Wildman–Crippen LogP) is 12.2. The summed E-state index contributed by atoms with van der Waals surface area (Å²) in [7, 11) is 0. The molecule has 0 saturated heterocycles. The van der Waals surface area contributed by atoms with Crippen molar-refractivity contribution in [3.05, 3.63) is 170 Å². The van der Waals surface area contributed by atoms with Crippen molar-refractivity contribution >= 4 is 71.6 Å². The van der Waals surface area contributed by atoms with Crippen LogP contribution in [0.3, 0.4) is 0 Å². The molecular formula is C46H28N4. The molecule has 1 aliphatic rings. The summed E-state index contributed by atoms with van der Waals surface area (Å²) < 4.78 is 2.36. The molecule has 4 nitrogen and oxygen atoms in total. The van der Waals surface area contributed by atoms with E-state index in [1.165, 1.54) is 49.0 Å². The van der Waals surface area contributed by atoms with Gasteiger partial charge in [0, 0.05) is 38.4 Å². The van der Waals surface area contributed by atoms with Crippen LogP contribution in [0.2, 0.25) is 0 Å². The lowest BCUT2D eigenvalue weighted by Gasteiger charge is -2.34. The van der Waals surface area contributed by atoms with Gasteiger partial charge < -0.3 is 4.57 Å². The first-order chi connectivity index (χ1) is 24.8. The van der Waals surface area contributed by atoms with Crippen molar-refractivity contribution < 1.29 is 0 Å². The molecule has 11 rings (SSSR count). The second-order valence-corrected chi connectivity index (χ2v) is 13.0. The molecule has 4 heteroatoms. The van der Waals surface area contributed by atoms with Gasteiger partial charge in [-0.15, -0.1) is 0 Å². The predicted molar refractivity (Wildman–Crippen MR) is 208 cm³/mol. The normalized spacial score (nSPS) is 12.4. The largest absolute Gasteiger partial charge is 0.309 e. The molecule has 0 amide bonds. The van der Waals surface area contributed by atoms with Gasteiger partial charge in [-0.1, -0.05) is 127 Å². The van der Waals surface area contributed by atoms with Crippen molar-refractivity contribution in [2.24, 2.45) is 0 Å². The van der Waals surface area contributed by atoms with Gasteiger partial charge in [0.05, 0.1) is 33.4 Å². The molecule has 0 unspecified atom stereocenters. The van der Waals surface area contributed by atoms with Crippen LogP contribution in [-0.4, -0.2) is 14.5 Å². The molecule has 0 aliphatic carbocycles. The molecule has 0 saturated carbocycles. The average molecular weight is 637 g/mol. The van der Waals surface area contributed by atoms with Crippen LogP contribution in [0.15, 0.2) is 170 Å². The van der Waals surface area contributed by atoms with Crippen molar-refractivity contribution in [2.75, 3.05) is 4.90 Å². The van der Waals surface area contributed by atoms with E-state index in [9.17, 15) is 0 Å². The monoisotopic (exact) mass is 636 g/mol. The number of hydrogen-bond acceptors (Lipinski definition) is 3. The Labute approximate surface area is 288 Å². The molecule has 50 heavy (non-hydrogen) atoms. The first kappa shape index (κ1) is 27.2. The highest BCUT2D eigenvalue weighted by molar-refractivity contribution is 6.19. The summed E-state index contributed by atoms with van der Waals surface area (Å²) >= 11 is 0. The maximum atomic E-state index is 5.50. The molecule has 0 spiro atoms. The van der Waals surface area contributed by atoms with Gasteiger partial charge >= 0.3 is 0 Å². The molecule has 0 N–H and O–H groups in total. The third-order valence-corrected chi connectivity index (χ3v) is 10.3. The minimum Gasteiger partial charge on any atom is -0.309 e. The highest BCUT2D eigenvalue weighted by Gasteiger charge is 2.31. The molecule has 2 aromatic heterocycles. The van der Waals surface area contributed by atoms with E-state index in [1.807, 2.05) is 12.1 Å². The van der Waals surface area contributed by atoms with Crippen molar-refractivity contribution in [3.8, 4) is 28.1 Å². The highest BCUT2D eigenvalue weighted by atomic mass is 15.2. The summed E-state index contributed by atoms with van der Waals surface area (Å²) in [6.45, 7) is 0. The van der Waals surface area contributed by atoms with Gasteiger partial charge in [0.15, 0.2) is 5.82 Å². The van der Waals surface area contributed by atoms with E-state index in [2.05, 4.69) is 167 Å². The maximum Gasteiger partial charge on any atom is 0.165 e. The Morgan fingerprint density at radius 2 is 1.14 bits per heavy atom. The van der Waals surface area contributed by atoms with Crippen LogP contribution in [0.25, 0.3) is 82.5 Å². The second kappa shape index (κ2) is 10.4. The van der Waals surface area contributed by atoms with Crippen molar-refractivity contribution in [2.45, 2.75) is 0 Å². The van der Waals surface area contributed by atoms with Gasteiger partial charge in [-0.25, -0.2) is 9.97 Å². The third-order valence-electron chi connectivity index (χ3n) is 10.3. The molecule has 232 valence electrons. The smallest absolute Gasteiger partial charge is 0.165 e. The molecule has 0 fully saturated rings. The van der Waals surface area contributed by atoms with Crippen LogP contribution in [0, 0.1) is 0 Å². The standard InChI is InChI=1S/C46H28N4/c1-2-15-32(16-3-1)49-40-22-9-6-18-34(40)35-26-25-31(28-42(35)49)44-46(48-39-21-8-7-20-38(39)47-44)50-41-23-11-14-30-13-10-19-36(43(30)41)37-27-24-29-12-4-5-17-33(29)45(37)50/h1-28H. The van der Waals surface area contributed by atoms with Crippen LogP contribution in [-0.2, 0) is 0 Å². The average Bonchev–Trinajstić information content (AvgIpc) is 3.51. The number of hydrogen-bond donors (Lipinski definition) is 0. The van der Waals surface area contributed by atoms with Gasteiger partial charge in [-0.2, -0.15) is 0 Å². The fourth-order valence-corrected chi connectivity index (χ4v) is 8.10. The third kappa shape index (κ3) is 3.81. The minimum atomic E-state index is 0.810. The van der Waals surface area contributed by atoms with Gasteiger partial charge in [-0.05, 0) is 58.8 Å². The Hall–Kier alpha value is -6.78. The van der Waals surface area contributed by atoms with E-state index in [0.717, 1.165) is 50.7 Å². The summed E-state index contributed by atoms with van der Waals surface area (Å²) in [5, 5.41) is 7.22. The molecule has 0 atom stereocenters. The van der Waals surface area contributed by atoms with Crippen LogP contribution in [0.4, 0.5) is 17.2 Å². The van der Waals surface area contributed by atoms with Crippen LogP contribution < -0.4 is 4.90 Å². The topological polar surface area (TPSA) is 34.0 Å². The fourth-order valence-electron chi connectivity index (χ4n) is 8.10. The van der Waals surface area contributed by atoms with Crippen LogP contribution >= 0.6 is 0 Å². The van der Waals surface area contributed by atoms with Gasteiger partial charge in [0.2, 0.25) is 0 Å². The van der Waals surface area contributed by atoms with E-state index in [4.69, 9.17) is 9.97 Å². The number of aromatic nitrogens is 3. The molecule has 0 bridgehead atoms. The Bertz CT molecular complexity index is 2990. The molecule has 8 aromatic carbocycles. The van der Waals surface area contributed by atoms with Gasteiger partial charge in [0.25, 0.3) is 0 Å². The Kier molecular flexibility index (Phi) is 5.63. The number of nitrogens with zero attached hydrogens (tertiary/aromatic N) is 4. The lowest BCUT2D eigenvalue weighted by atomic mass is 9.88. The van der Waals surface area contributed by atoms with Crippen LogP contribution in [0.1, 0.15) is 0 Å². The number of anilines is 3. The summed E-state index contributed by atoms with van der Waals surface area (Å²) in [4.78, 5) is 13.3. The first-order valence-electron chi connectivity index (χ1n) is 17.0. The molecule has 1 aliphatic heterocycles. The molecule has 0 radical (unpaired) electrons. The SMILES string of the molecule is c1ccc(-n2c3ccccc3c3ccc(-c4nc5ccccc5nc4N4c5c(ccc6ccccc56)-c5cccc6cccc4c56)cc32)cc1. The van der Waals surface area contributed by atoms with Gasteiger partial charge in [0.1, 0.15) is 5.69 Å². The molecule has 10 aromatic rings. The second-order valence-electron chi connectivity index (χ2n) is 13.0. The Morgan fingerprint density at radius 3 is 2.02 bits per heavy atom. The van der Waals surface area contributed by atoms with Crippen molar-refractivity contribution in [1.82, 2.24) is 14.5 Å². The zero-order chi connectivity index (χ0) is 32.8. The van der Waals surface area contributed by atoms with Crippen LogP contribution in [0.5, 0.6) is 0 Å². The van der Waals surface area contributed by atoms with E-state index in [0.29, 0.717) is 0 Å². The zero-order valence-corrected chi connectivity index (χ0v) is 27.0. The minimum absolute atomic E-state index is 0.810. The fraction of sp³-hybridized carbons (Fsp3) is 0.